The number of halogens is 5. The Bertz CT molecular complexity index is 1190. The predicted molar refractivity (Wildman–Crippen MR) is 122 cm³/mol. The van der Waals surface area contributed by atoms with Crippen LogP contribution in [0.1, 0.15) is 59.8 Å². The van der Waals surface area contributed by atoms with Crippen molar-refractivity contribution in [2.45, 2.75) is 50.6 Å². The zero-order valence-corrected chi connectivity index (χ0v) is 20.2. The minimum Gasteiger partial charge on any atom is -0.386 e. The van der Waals surface area contributed by atoms with Crippen molar-refractivity contribution >= 4 is 11.8 Å². The van der Waals surface area contributed by atoms with E-state index in [9.17, 15) is 36.6 Å². The number of benzene rings is 2. The molecule has 0 saturated carbocycles. The maximum absolute atomic E-state index is 14.8. The van der Waals surface area contributed by atoms with Gasteiger partial charge in [-0.15, -0.1) is 0 Å². The van der Waals surface area contributed by atoms with Gasteiger partial charge in [-0.25, -0.2) is 8.78 Å². The number of alkyl halides is 3. The smallest absolute Gasteiger partial charge is 0.386 e. The summed E-state index contributed by atoms with van der Waals surface area (Å²) in [6.45, 7) is 3.64. The molecule has 4 rings (SSSR count). The van der Waals surface area contributed by atoms with Gasteiger partial charge in [-0.3, -0.25) is 9.59 Å². The molecular formula is C26H27F5N2O4. The van der Waals surface area contributed by atoms with E-state index in [4.69, 9.17) is 4.74 Å². The Hall–Kier alpha value is -3.05. The van der Waals surface area contributed by atoms with Crippen molar-refractivity contribution < 1.29 is 41.4 Å². The van der Waals surface area contributed by atoms with Crippen LogP contribution in [0.5, 0.6) is 0 Å². The second-order valence-corrected chi connectivity index (χ2v) is 9.93. The first-order chi connectivity index (χ1) is 17.3. The average molecular weight is 527 g/mol. The number of hydrogen-bond donors (Lipinski definition) is 2. The topological polar surface area (TPSA) is 78.9 Å². The van der Waals surface area contributed by atoms with Crippen LogP contribution in [-0.4, -0.2) is 47.6 Å². The molecule has 37 heavy (non-hydrogen) atoms. The molecule has 200 valence electrons. The first-order valence-corrected chi connectivity index (χ1v) is 11.9. The molecule has 0 bridgehead atoms. The summed E-state index contributed by atoms with van der Waals surface area (Å²) in [6, 6.07) is 4.91. The van der Waals surface area contributed by atoms with Crippen LogP contribution < -0.4 is 5.32 Å². The van der Waals surface area contributed by atoms with Gasteiger partial charge in [-0.05, 0) is 56.5 Å². The third-order valence-electron chi connectivity index (χ3n) is 6.79. The zero-order chi connectivity index (χ0) is 27.1. The van der Waals surface area contributed by atoms with Crippen LogP contribution in [-0.2, 0) is 21.3 Å². The van der Waals surface area contributed by atoms with Crippen LogP contribution in [0.3, 0.4) is 0 Å². The lowest BCUT2D eigenvalue weighted by Crippen LogP contribution is -2.50. The van der Waals surface area contributed by atoms with Gasteiger partial charge in [-0.1, -0.05) is 12.1 Å². The molecule has 11 heteroatoms. The SMILES string of the molecule is CC(C)(O)c1cccc(C(=O)N2CCC[C@@H]2C(=O)N[C@@H](c2cc(F)c(C(F)(F)F)cc2F)C2COC2)c1. The van der Waals surface area contributed by atoms with Gasteiger partial charge in [0.2, 0.25) is 5.91 Å². The fraction of sp³-hybridized carbons (Fsp3) is 0.462. The first-order valence-electron chi connectivity index (χ1n) is 11.9. The number of hydrogen-bond acceptors (Lipinski definition) is 4. The normalized spacial score (nSPS) is 19.5. The number of amides is 2. The van der Waals surface area contributed by atoms with E-state index in [1.807, 2.05) is 0 Å². The lowest BCUT2D eigenvalue weighted by Gasteiger charge is -2.36. The van der Waals surface area contributed by atoms with Gasteiger partial charge < -0.3 is 20.1 Å². The molecule has 2 aliphatic heterocycles. The highest BCUT2D eigenvalue weighted by molar-refractivity contribution is 5.98. The van der Waals surface area contributed by atoms with Crippen LogP contribution >= 0.6 is 0 Å². The lowest BCUT2D eigenvalue weighted by molar-refractivity contribution is -0.140. The minimum absolute atomic E-state index is 0.0877. The van der Waals surface area contributed by atoms with Gasteiger partial charge in [0, 0.05) is 23.6 Å². The summed E-state index contributed by atoms with van der Waals surface area (Å²) in [5.74, 6) is -4.48. The fourth-order valence-electron chi connectivity index (χ4n) is 4.64. The highest BCUT2D eigenvalue weighted by Crippen LogP contribution is 2.37. The van der Waals surface area contributed by atoms with Gasteiger partial charge in [-0.2, -0.15) is 13.2 Å². The highest BCUT2D eigenvalue weighted by Gasteiger charge is 2.41. The Morgan fingerprint density at radius 3 is 2.41 bits per heavy atom. The molecule has 2 aromatic carbocycles. The van der Waals surface area contributed by atoms with Crippen molar-refractivity contribution in [2.24, 2.45) is 5.92 Å². The number of rotatable bonds is 6. The summed E-state index contributed by atoms with van der Waals surface area (Å²) in [5.41, 5.74) is -2.54. The standard InChI is InChI=1S/C26H27F5N2O4/c1-25(2,36)16-6-3-5-14(9-16)24(35)33-8-4-7-21(33)23(34)32-22(15-12-37-13-15)17-10-20(28)18(11-19(17)27)26(29,30)31/h3,5-6,9-11,15,21-22,36H,4,7-8,12-13H2,1-2H3,(H,32,34)/t21-,22-/m1/s1. The van der Waals surface area contributed by atoms with Gasteiger partial charge in [0.1, 0.15) is 17.7 Å². The van der Waals surface area contributed by atoms with E-state index in [0.29, 0.717) is 24.5 Å². The first kappa shape index (κ1) is 27.0. The predicted octanol–water partition coefficient (Wildman–Crippen LogP) is 4.32. The van der Waals surface area contributed by atoms with E-state index in [-0.39, 0.29) is 31.4 Å². The number of carbonyl (C=O) groups excluding carboxylic acids is 2. The average Bonchev–Trinajstić information content (AvgIpc) is 3.27. The third kappa shape index (κ3) is 5.62. The van der Waals surface area contributed by atoms with E-state index in [1.165, 1.54) is 4.90 Å². The number of ether oxygens (including phenoxy) is 1. The second kappa shape index (κ2) is 10.0. The summed E-state index contributed by atoms with van der Waals surface area (Å²) in [7, 11) is 0. The van der Waals surface area contributed by atoms with Crippen LogP contribution in [0.2, 0.25) is 0 Å². The maximum atomic E-state index is 14.8. The molecule has 0 radical (unpaired) electrons. The summed E-state index contributed by atoms with van der Waals surface area (Å²) >= 11 is 0. The van der Waals surface area contributed by atoms with E-state index in [1.54, 1.807) is 38.1 Å². The van der Waals surface area contributed by atoms with Crippen LogP contribution in [0.15, 0.2) is 36.4 Å². The molecule has 0 spiro atoms. The van der Waals surface area contributed by atoms with Crippen molar-refractivity contribution in [3.05, 3.63) is 70.3 Å². The Morgan fingerprint density at radius 2 is 1.81 bits per heavy atom. The molecule has 2 fully saturated rings. The largest absolute Gasteiger partial charge is 0.419 e. The minimum atomic E-state index is -5.07. The van der Waals surface area contributed by atoms with Crippen LogP contribution in [0.25, 0.3) is 0 Å². The van der Waals surface area contributed by atoms with Crippen molar-refractivity contribution in [1.29, 1.82) is 0 Å². The summed E-state index contributed by atoms with van der Waals surface area (Å²) < 4.78 is 73.2. The fourth-order valence-corrected chi connectivity index (χ4v) is 4.64. The lowest BCUT2D eigenvalue weighted by atomic mass is 9.90. The molecule has 2 saturated heterocycles. The Labute approximate surface area is 210 Å². The number of nitrogens with one attached hydrogen (secondary N) is 1. The number of aliphatic hydroxyl groups is 1. The molecule has 2 heterocycles. The molecule has 2 aromatic rings. The van der Waals surface area contributed by atoms with Gasteiger partial charge in [0.25, 0.3) is 5.91 Å². The van der Waals surface area contributed by atoms with Gasteiger partial charge >= 0.3 is 6.18 Å². The Balaban J connectivity index is 1.58. The van der Waals surface area contributed by atoms with Crippen LogP contribution in [0, 0.1) is 17.6 Å². The van der Waals surface area contributed by atoms with Gasteiger partial charge in [0.05, 0.1) is 30.4 Å². The maximum Gasteiger partial charge on any atom is 0.419 e. The number of nitrogens with zero attached hydrogens (tertiary/aromatic N) is 1. The molecule has 2 N–H and O–H groups in total. The van der Waals surface area contributed by atoms with Crippen molar-refractivity contribution in [3.8, 4) is 0 Å². The van der Waals surface area contributed by atoms with E-state index >= 15 is 0 Å². The number of carbonyl (C=O) groups is 2. The molecule has 2 amide bonds. The summed E-state index contributed by atoms with van der Waals surface area (Å²) in [4.78, 5) is 27.9. The second-order valence-electron chi connectivity index (χ2n) is 9.93. The quantitative estimate of drug-likeness (QED) is 0.550. The molecular weight excluding hydrogens is 499 g/mol. The Morgan fingerprint density at radius 1 is 1.11 bits per heavy atom. The molecule has 2 atom stereocenters. The molecule has 0 aliphatic carbocycles. The zero-order valence-electron chi connectivity index (χ0n) is 20.2. The van der Waals surface area contributed by atoms with E-state index in [0.717, 1.165) is 0 Å². The highest BCUT2D eigenvalue weighted by atomic mass is 19.4. The Kier molecular flexibility index (Phi) is 7.31. The summed E-state index contributed by atoms with van der Waals surface area (Å²) in [5, 5.41) is 12.9. The van der Waals surface area contributed by atoms with E-state index < -0.39 is 64.4 Å². The van der Waals surface area contributed by atoms with Crippen LogP contribution in [0.4, 0.5) is 22.0 Å². The molecule has 0 unspecified atom stereocenters. The monoisotopic (exact) mass is 526 g/mol. The summed E-state index contributed by atoms with van der Waals surface area (Å²) in [6.07, 6.45) is -4.23. The molecule has 2 aliphatic rings. The molecule has 0 aromatic heterocycles. The number of likely N-dealkylation sites (tertiary alicyclic amines) is 1. The molecule has 6 nitrogen and oxygen atoms in total. The van der Waals surface area contributed by atoms with E-state index in [2.05, 4.69) is 5.32 Å². The van der Waals surface area contributed by atoms with Crippen molar-refractivity contribution in [2.75, 3.05) is 19.8 Å². The third-order valence-corrected chi connectivity index (χ3v) is 6.79. The van der Waals surface area contributed by atoms with Gasteiger partial charge in [0.15, 0.2) is 0 Å². The van der Waals surface area contributed by atoms with Crippen molar-refractivity contribution in [3.63, 3.8) is 0 Å². The van der Waals surface area contributed by atoms with Crippen molar-refractivity contribution in [1.82, 2.24) is 10.2 Å².